The topological polar surface area (TPSA) is 79.2 Å². The number of nitrogens with one attached hydrogen (secondary N) is 1. The van der Waals surface area contributed by atoms with Crippen molar-refractivity contribution in [2.75, 3.05) is 5.32 Å². The summed E-state index contributed by atoms with van der Waals surface area (Å²) < 4.78 is 31.1. The lowest BCUT2D eigenvalue weighted by atomic mass is 10.2. The monoisotopic (exact) mass is 364 g/mol. The largest absolute Gasteiger partial charge is 0.449 e. The molecule has 0 heterocycles. The summed E-state index contributed by atoms with van der Waals surface area (Å²) in [6.45, 7) is 1.31. The average Bonchev–Trinajstić information content (AvgIpc) is 2.58. The average molecular weight is 365 g/mol. The van der Waals surface area contributed by atoms with Crippen LogP contribution < -0.4 is 5.32 Å². The highest BCUT2D eigenvalue weighted by Crippen LogP contribution is 2.21. The zero-order valence-electron chi connectivity index (χ0n) is 12.8. The first kappa shape index (κ1) is 18.4. The normalized spacial score (nSPS) is 11.3. The molecule has 0 aromatic heterocycles. The molecule has 0 saturated heterocycles. The summed E-state index contributed by atoms with van der Waals surface area (Å²) in [6, 6.07) is 9.22. The van der Waals surface area contributed by atoms with Gasteiger partial charge in [-0.25, -0.2) is 13.6 Å². The highest BCUT2D eigenvalue weighted by Gasteiger charge is 2.22. The van der Waals surface area contributed by atoms with E-state index in [-0.39, 0.29) is 5.02 Å². The molecular formula is C17H11ClF2N2O3. The Kier molecular flexibility index (Phi) is 5.67. The molecule has 0 unspecified atom stereocenters. The van der Waals surface area contributed by atoms with Crippen LogP contribution in [0.5, 0.6) is 0 Å². The molecule has 0 saturated carbocycles. The summed E-state index contributed by atoms with van der Waals surface area (Å²) in [5.41, 5.74) is 0.432. The molecule has 0 aliphatic heterocycles. The van der Waals surface area contributed by atoms with Crippen molar-refractivity contribution in [2.24, 2.45) is 0 Å². The van der Waals surface area contributed by atoms with Crippen molar-refractivity contribution in [3.05, 3.63) is 64.2 Å². The van der Waals surface area contributed by atoms with E-state index in [0.29, 0.717) is 23.4 Å². The van der Waals surface area contributed by atoms with Gasteiger partial charge in [-0.15, -0.1) is 0 Å². The molecule has 1 atom stereocenters. The Labute approximate surface area is 146 Å². The molecule has 0 fully saturated rings. The number of benzene rings is 2. The number of rotatable bonds is 4. The van der Waals surface area contributed by atoms with Crippen LogP contribution in [0.3, 0.4) is 0 Å². The number of anilines is 1. The van der Waals surface area contributed by atoms with E-state index in [0.717, 1.165) is 0 Å². The lowest BCUT2D eigenvalue weighted by molar-refractivity contribution is -0.123. The molecule has 2 aromatic carbocycles. The first-order valence-electron chi connectivity index (χ1n) is 6.98. The molecule has 1 N–H and O–H groups in total. The van der Waals surface area contributed by atoms with Crippen LogP contribution in [-0.2, 0) is 9.53 Å². The number of nitriles is 1. The van der Waals surface area contributed by atoms with Crippen LogP contribution in [0.2, 0.25) is 5.02 Å². The molecule has 1 amide bonds. The summed E-state index contributed by atoms with van der Waals surface area (Å²) in [5.74, 6) is -4.16. The number of carbonyl (C=O) groups excluding carboxylic acids is 2. The third-order valence-corrected chi connectivity index (χ3v) is 3.48. The zero-order chi connectivity index (χ0) is 18.6. The predicted octanol–water partition coefficient (Wildman–Crippen LogP) is 3.67. The van der Waals surface area contributed by atoms with E-state index in [9.17, 15) is 18.4 Å². The number of esters is 1. The van der Waals surface area contributed by atoms with E-state index >= 15 is 0 Å². The third-order valence-electron chi connectivity index (χ3n) is 3.16. The van der Waals surface area contributed by atoms with Crippen LogP contribution >= 0.6 is 11.6 Å². The van der Waals surface area contributed by atoms with E-state index in [4.69, 9.17) is 21.6 Å². The Morgan fingerprint density at radius 3 is 2.40 bits per heavy atom. The van der Waals surface area contributed by atoms with Gasteiger partial charge in [0.15, 0.2) is 17.7 Å². The Hall–Kier alpha value is -2.98. The second-order valence-electron chi connectivity index (χ2n) is 4.97. The van der Waals surface area contributed by atoms with Crippen LogP contribution in [-0.4, -0.2) is 18.0 Å². The minimum Gasteiger partial charge on any atom is -0.449 e. The predicted molar refractivity (Wildman–Crippen MR) is 86.0 cm³/mol. The first-order chi connectivity index (χ1) is 11.8. The molecule has 5 nitrogen and oxygen atoms in total. The quantitative estimate of drug-likeness (QED) is 0.663. The molecule has 0 aliphatic carbocycles. The van der Waals surface area contributed by atoms with Crippen LogP contribution in [0.25, 0.3) is 0 Å². The van der Waals surface area contributed by atoms with Crippen molar-refractivity contribution in [2.45, 2.75) is 13.0 Å². The molecule has 2 aromatic rings. The molecule has 8 heteroatoms. The van der Waals surface area contributed by atoms with Gasteiger partial charge in [-0.1, -0.05) is 11.6 Å². The minimum atomic E-state index is -1.26. The standard InChI is InChI=1S/C17H11ClF2N2O3/c1-9(16(23)22-11-4-2-10(8-21)3-5-11)25-17(24)12-6-14(19)15(20)7-13(12)18/h2-7,9H,1H3,(H,22,23)/t9-/m0/s1. The van der Waals surface area contributed by atoms with Crippen molar-refractivity contribution >= 4 is 29.2 Å². The summed E-state index contributed by atoms with van der Waals surface area (Å²) in [5, 5.41) is 10.9. The van der Waals surface area contributed by atoms with Gasteiger partial charge < -0.3 is 10.1 Å². The maximum Gasteiger partial charge on any atom is 0.340 e. The Balaban J connectivity index is 2.04. The summed E-state index contributed by atoms with van der Waals surface area (Å²) in [6.07, 6.45) is -1.22. The number of halogens is 3. The summed E-state index contributed by atoms with van der Waals surface area (Å²) in [4.78, 5) is 24.0. The molecule has 0 aliphatic rings. The van der Waals surface area contributed by atoms with E-state index in [1.165, 1.54) is 31.2 Å². The van der Waals surface area contributed by atoms with E-state index in [1.807, 2.05) is 6.07 Å². The number of ether oxygens (including phenoxy) is 1. The fourth-order valence-corrected chi connectivity index (χ4v) is 2.06. The Bertz CT molecular complexity index is 863. The van der Waals surface area contributed by atoms with Gasteiger partial charge in [0.1, 0.15) is 0 Å². The lowest BCUT2D eigenvalue weighted by Crippen LogP contribution is -2.30. The zero-order valence-corrected chi connectivity index (χ0v) is 13.6. The molecule has 0 spiro atoms. The summed E-state index contributed by atoms with van der Waals surface area (Å²) >= 11 is 5.68. The van der Waals surface area contributed by atoms with E-state index < -0.39 is 35.2 Å². The third kappa shape index (κ3) is 4.52. The first-order valence-corrected chi connectivity index (χ1v) is 7.36. The highest BCUT2D eigenvalue weighted by atomic mass is 35.5. The molecule has 0 bridgehead atoms. The Morgan fingerprint density at radius 2 is 1.80 bits per heavy atom. The second-order valence-corrected chi connectivity index (χ2v) is 5.38. The van der Waals surface area contributed by atoms with Gasteiger partial charge >= 0.3 is 5.97 Å². The number of nitrogens with zero attached hydrogens (tertiary/aromatic N) is 1. The second kappa shape index (κ2) is 7.73. The Morgan fingerprint density at radius 1 is 1.20 bits per heavy atom. The maximum absolute atomic E-state index is 13.2. The van der Waals surface area contributed by atoms with Crippen LogP contribution in [0.4, 0.5) is 14.5 Å². The van der Waals surface area contributed by atoms with Gasteiger partial charge in [0, 0.05) is 5.69 Å². The number of hydrogen-bond acceptors (Lipinski definition) is 4. The van der Waals surface area contributed by atoms with Gasteiger partial charge in [-0.3, -0.25) is 4.79 Å². The number of hydrogen-bond donors (Lipinski definition) is 1. The van der Waals surface area contributed by atoms with Crippen molar-refractivity contribution in [1.82, 2.24) is 0 Å². The fraction of sp³-hybridized carbons (Fsp3) is 0.118. The highest BCUT2D eigenvalue weighted by molar-refractivity contribution is 6.33. The molecule has 128 valence electrons. The van der Waals surface area contributed by atoms with Gasteiger partial charge in [-0.05, 0) is 43.3 Å². The molecule has 2 rings (SSSR count). The molecular weight excluding hydrogens is 354 g/mol. The van der Waals surface area contributed by atoms with Gasteiger partial charge in [0.2, 0.25) is 0 Å². The van der Waals surface area contributed by atoms with Crippen molar-refractivity contribution in [3.8, 4) is 6.07 Å². The SMILES string of the molecule is C[C@H](OC(=O)c1cc(F)c(F)cc1Cl)C(=O)Nc1ccc(C#N)cc1. The van der Waals surface area contributed by atoms with Crippen LogP contribution in [0, 0.1) is 23.0 Å². The van der Waals surface area contributed by atoms with Crippen molar-refractivity contribution in [1.29, 1.82) is 5.26 Å². The van der Waals surface area contributed by atoms with Gasteiger partial charge in [0.05, 0.1) is 22.2 Å². The van der Waals surface area contributed by atoms with Crippen LogP contribution in [0.15, 0.2) is 36.4 Å². The van der Waals surface area contributed by atoms with Gasteiger partial charge in [0.25, 0.3) is 5.91 Å². The molecule has 25 heavy (non-hydrogen) atoms. The number of amides is 1. The minimum absolute atomic E-state index is 0.330. The maximum atomic E-state index is 13.2. The van der Waals surface area contributed by atoms with Crippen molar-refractivity contribution < 1.29 is 23.1 Å². The smallest absolute Gasteiger partial charge is 0.340 e. The van der Waals surface area contributed by atoms with E-state index in [2.05, 4.69) is 5.32 Å². The van der Waals surface area contributed by atoms with Crippen LogP contribution in [0.1, 0.15) is 22.8 Å². The fourth-order valence-electron chi connectivity index (χ4n) is 1.83. The van der Waals surface area contributed by atoms with Gasteiger partial charge in [-0.2, -0.15) is 5.26 Å². The van der Waals surface area contributed by atoms with E-state index in [1.54, 1.807) is 0 Å². The van der Waals surface area contributed by atoms with Crippen molar-refractivity contribution in [3.63, 3.8) is 0 Å². The number of carbonyl (C=O) groups is 2. The summed E-state index contributed by atoms with van der Waals surface area (Å²) in [7, 11) is 0. The molecule has 0 radical (unpaired) electrons. The lowest BCUT2D eigenvalue weighted by Gasteiger charge is -2.14.